The molecule has 0 bridgehead atoms. The molecular formula is C17H24NO4+. The maximum Gasteiger partial charge on any atom is 0.306 e. The number of likely N-dealkylation sites (N-methyl/N-ethyl adjacent to an activating group) is 1. The Kier molecular flexibility index (Phi) is 5.41. The standard InChI is InChI=1S/C17H24NO4/c1-5-22-17(19)7-6-14-13-11-16(21-4)15(20-3)10-12(13)8-9-18(14)2/h10-11H,5-9H2,1-4H3/q+1. The van der Waals surface area contributed by atoms with Gasteiger partial charge in [-0.25, -0.2) is 4.58 Å². The Morgan fingerprint density at radius 1 is 1.23 bits per heavy atom. The monoisotopic (exact) mass is 306 g/mol. The number of nitrogens with zero attached hydrogens (tertiary/aromatic N) is 1. The zero-order chi connectivity index (χ0) is 16.1. The molecule has 2 rings (SSSR count). The highest BCUT2D eigenvalue weighted by Crippen LogP contribution is 2.33. The molecule has 0 aliphatic carbocycles. The van der Waals surface area contributed by atoms with Crippen LogP contribution in [0.3, 0.4) is 0 Å². The number of carbonyl (C=O) groups excluding carboxylic acids is 1. The molecule has 0 unspecified atom stereocenters. The van der Waals surface area contributed by atoms with E-state index in [1.165, 1.54) is 5.56 Å². The molecule has 1 aromatic rings. The fourth-order valence-electron chi connectivity index (χ4n) is 2.80. The van der Waals surface area contributed by atoms with Crippen LogP contribution in [0.1, 0.15) is 30.9 Å². The average molecular weight is 306 g/mol. The molecule has 5 heteroatoms. The molecule has 1 aliphatic heterocycles. The van der Waals surface area contributed by atoms with Crippen LogP contribution in [-0.2, 0) is 16.0 Å². The Labute approximate surface area is 131 Å². The van der Waals surface area contributed by atoms with E-state index < -0.39 is 0 Å². The summed E-state index contributed by atoms with van der Waals surface area (Å²) < 4.78 is 18.0. The van der Waals surface area contributed by atoms with Gasteiger partial charge in [0.15, 0.2) is 17.2 Å². The minimum atomic E-state index is -0.156. The highest BCUT2D eigenvalue weighted by atomic mass is 16.5. The van der Waals surface area contributed by atoms with Crippen molar-refractivity contribution < 1.29 is 23.6 Å². The molecule has 120 valence electrons. The maximum atomic E-state index is 11.6. The van der Waals surface area contributed by atoms with E-state index in [-0.39, 0.29) is 5.97 Å². The van der Waals surface area contributed by atoms with E-state index in [0.29, 0.717) is 25.2 Å². The van der Waals surface area contributed by atoms with Crippen LogP contribution in [0, 0.1) is 0 Å². The van der Waals surface area contributed by atoms with Crippen molar-refractivity contribution in [3.05, 3.63) is 23.3 Å². The van der Waals surface area contributed by atoms with E-state index >= 15 is 0 Å². The van der Waals surface area contributed by atoms with Crippen molar-refractivity contribution in [2.45, 2.75) is 26.2 Å². The number of esters is 1. The van der Waals surface area contributed by atoms with Gasteiger partial charge in [0, 0.05) is 18.4 Å². The van der Waals surface area contributed by atoms with Crippen molar-refractivity contribution in [2.24, 2.45) is 0 Å². The lowest BCUT2D eigenvalue weighted by atomic mass is 9.93. The second-order valence-electron chi connectivity index (χ2n) is 5.29. The fraction of sp³-hybridized carbons (Fsp3) is 0.529. The number of methoxy groups -OCH3 is 2. The van der Waals surface area contributed by atoms with E-state index in [1.54, 1.807) is 14.2 Å². The molecule has 0 fully saturated rings. The normalized spacial score (nSPS) is 13.6. The van der Waals surface area contributed by atoms with Crippen molar-refractivity contribution in [2.75, 3.05) is 34.4 Å². The average Bonchev–Trinajstić information content (AvgIpc) is 2.52. The molecular weight excluding hydrogens is 282 g/mol. The zero-order valence-corrected chi connectivity index (χ0v) is 13.8. The van der Waals surface area contributed by atoms with Crippen molar-refractivity contribution in [3.8, 4) is 11.5 Å². The zero-order valence-electron chi connectivity index (χ0n) is 13.8. The first-order valence-corrected chi connectivity index (χ1v) is 7.58. The summed E-state index contributed by atoms with van der Waals surface area (Å²) in [6, 6.07) is 4.04. The van der Waals surface area contributed by atoms with Gasteiger partial charge in [0.25, 0.3) is 0 Å². The Morgan fingerprint density at radius 2 is 1.91 bits per heavy atom. The minimum absolute atomic E-state index is 0.156. The quantitative estimate of drug-likeness (QED) is 0.596. The summed E-state index contributed by atoms with van der Waals surface area (Å²) in [5.41, 5.74) is 3.51. The van der Waals surface area contributed by atoms with Crippen LogP contribution >= 0.6 is 0 Å². The Hall–Kier alpha value is -2.04. The largest absolute Gasteiger partial charge is 0.493 e. The van der Waals surface area contributed by atoms with E-state index in [0.717, 1.165) is 30.0 Å². The van der Waals surface area contributed by atoms with Gasteiger partial charge >= 0.3 is 5.97 Å². The predicted octanol–water partition coefficient (Wildman–Crippen LogP) is 2.03. The first-order chi connectivity index (χ1) is 10.6. The molecule has 0 N–H and O–H groups in total. The van der Waals surface area contributed by atoms with Crippen molar-refractivity contribution in [1.29, 1.82) is 0 Å². The molecule has 0 aromatic heterocycles. The fourth-order valence-corrected chi connectivity index (χ4v) is 2.80. The summed E-state index contributed by atoms with van der Waals surface area (Å²) >= 11 is 0. The lowest BCUT2D eigenvalue weighted by Gasteiger charge is -2.19. The Balaban J connectivity index is 2.30. The maximum absolute atomic E-state index is 11.6. The predicted molar refractivity (Wildman–Crippen MR) is 84.3 cm³/mol. The third-order valence-corrected chi connectivity index (χ3v) is 3.97. The molecule has 5 nitrogen and oxygen atoms in total. The third-order valence-electron chi connectivity index (χ3n) is 3.97. The second-order valence-corrected chi connectivity index (χ2v) is 5.29. The van der Waals surface area contributed by atoms with Gasteiger partial charge in [-0.3, -0.25) is 4.79 Å². The molecule has 1 aromatic carbocycles. The van der Waals surface area contributed by atoms with Crippen LogP contribution in [0.15, 0.2) is 12.1 Å². The van der Waals surface area contributed by atoms with Gasteiger partial charge < -0.3 is 14.2 Å². The van der Waals surface area contributed by atoms with Gasteiger partial charge in [0.05, 0.1) is 27.2 Å². The number of hydrogen-bond donors (Lipinski definition) is 0. The number of carbonyl (C=O) groups is 1. The Morgan fingerprint density at radius 3 is 2.55 bits per heavy atom. The second kappa shape index (κ2) is 7.29. The van der Waals surface area contributed by atoms with Crippen LogP contribution in [0.25, 0.3) is 0 Å². The minimum Gasteiger partial charge on any atom is -0.493 e. The summed E-state index contributed by atoms with van der Waals surface area (Å²) in [7, 11) is 5.33. The lowest BCUT2D eigenvalue weighted by Crippen LogP contribution is -2.28. The van der Waals surface area contributed by atoms with Gasteiger partial charge in [-0.2, -0.15) is 0 Å². The molecule has 22 heavy (non-hydrogen) atoms. The van der Waals surface area contributed by atoms with Gasteiger partial charge in [0.2, 0.25) is 0 Å². The topological polar surface area (TPSA) is 47.8 Å². The molecule has 1 heterocycles. The Bertz CT molecular complexity index is 593. The lowest BCUT2D eigenvalue weighted by molar-refractivity contribution is -0.499. The number of benzene rings is 1. The molecule has 1 aliphatic rings. The number of rotatable bonds is 6. The van der Waals surface area contributed by atoms with Crippen molar-refractivity contribution in [1.82, 2.24) is 0 Å². The van der Waals surface area contributed by atoms with Gasteiger partial charge in [-0.05, 0) is 24.6 Å². The smallest absolute Gasteiger partial charge is 0.306 e. The molecule has 0 spiro atoms. The van der Waals surface area contributed by atoms with Gasteiger partial charge in [-0.15, -0.1) is 0 Å². The summed E-state index contributed by atoms with van der Waals surface area (Å²) in [5, 5.41) is 0. The summed E-state index contributed by atoms with van der Waals surface area (Å²) in [4.78, 5) is 11.6. The van der Waals surface area contributed by atoms with Crippen LogP contribution < -0.4 is 9.47 Å². The van der Waals surface area contributed by atoms with E-state index in [4.69, 9.17) is 14.2 Å². The highest BCUT2D eigenvalue weighted by molar-refractivity contribution is 6.00. The van der Waals surface area contributed by atoms with Gasteiger partial charge in [0.1, 0.15) is 13.6 Å². The number of ether oxygens (including phenoxy) is 3. The molecule has 0 saturated carbocycles. The summed E-state index contributed by atoms with van der Waals surface area (Å²) in [5.74, 6) is 1.30. The van der Waals surface area contributed by atoms with Gasteiger partial charge in [-0.1, -0.05) is 0 Å². The first-order valence-electron chi connectivity index (χ1n) is 7.58. The van der Waals surface area contributed by atoms with Crippen LogP contribution in [0.4, 0.5) is 0 Å². The number of hydrogen-bond acceptors (Lipinski definition) is 4. The third kappa shape index (κ3) is 3.40. The first kappa shape index (κ1) is 16.3. The molecule has 0 amide bonds. The van der Waals surface area contributed by atoms with Crippen molar-refractivity contribution >= 4 is 11.7 Å². The molecule has 0 atom stereocenters. The molecule has 0 radical (unpaired) electrons. The van der Waals surface area contributed by atoms with E-state index in [9.17, 15) is 4.79 Å². The van der Waals surface area contributed by atoms with Crippen molar-refractivity contribution in [3.63, 3.8) is 0 Å². The van der Waals surface area contributed by atoms with Crippen LogP contribution in [-0.4, -0.2) is 50.7 Å². The molecule has 0 saturated heterocycles. The highest BCUT2D eigenvalue weighted by Gasteiger charge is 2.26. The summed E-state index contributed by atoms with van der Waals surface area (Å²) in [6.45, 7) is 3.18. The summed E-state index contributed by atoms with van der Waals surface area (Å²) in [6.07, 6.45) is 2.01. The van der Waals surface area contributed by atoms with Crippen LogP contribution in [0.5, 0.6) is 11.5 Å². The SMILES string of the molecule is CCOC(=O)CCC1=[N+](C)CCc2cc(OC)c(OC)cc21. The van der Waals surface area contributed by atoms with Crippen LogP contribution in [0.2, 0.25) is 0 Å². The van der Waals surface area contributed by atoms with E-state index in [1.807, 2.05) is 19.1 Å². The van der Waals surface area contributed by atoms with E-state index in [2.05, 4.69) is 11.6 Å². The number of fused-ring (bicyclic) bond motifs is 1.